The fraction of sp³-hybridized carbons (Fsp3) is 1.00. The minimum atomic E-state index is -1.69. The second kappa shape index (κ2) is 14.0. The van der Waals surface area contributed by atoms with Crippen LogP contribution in [-0.2, 0) is 23.4 Å². The van der Waals surface area contributed by atoms with Crippen LogP contribution in [0.2, 0.25) is 18.1 Å². The molecule has 4 aliphatic rings. The zero-order valence-electron chi connectivity index (χ0n) is 31.2. The molecule has 0 amide bonds. The first kappa shape index (κ1) is 27.7. The van der Waals surface area contributed by atoms with Gasteiger partial charge < -0.3 is 49.5 Å². The maximum Gasteiger partial charge on any atom is 0.193 e. The number of azide groups is 1. The number of nitrogens with zero attached hydrogens (tertiary/aromatic N) is 3. The van der Waals surface area contributed by atoms with E-state index in [1.807, 2.05) is 6.92 Å². The summed E-state index contributed by atoms with van der Waals surface area (Å²) >= 11 is 0. The van der Waals surface area contributed by atoms with Crippen molar-refractivity contribution < 1.29 is 58.5 Å². The lowest BCUT2D eigenvalue weighted by Gasteiger charge is -2.49. The van der Waals surface area contributed by atoms with Crippen molar-refractivity contribution in [2.24, 2.45) is 10.8 Å². The minimum absolute atomic E-state index is 0. The largest absolute Gasteiger partial charge is 0.405 e. The van der Waals surface area contributed by atoms with Gasteiger partial charge in [-0.2, -0.15) is 0 Å². The lowest BCUT2D eigenvalue weighted by molar-refractivity contribution is -0.196. The summed E-state index contributed by atoms with van der Waals surface area (Å²) in [6, 6.07) is 0. The number of aliphatic hydroxyl groups excluding tert-OH is 1. The van der Waals surface area contributed by atoms with Gasteiger partial charge in [-0.3, -0.25) is 0 Å². The third-order valence-electron chi connectivity index (χ3n) is 6.99. The van der Waals surface area contributed by atoms with Crippen LogP contribution < -0.4 is 5.73 Å². The van der Waals surface area contributed by atoms with Gasteiger partial charge in [-0.05, 0) is 30.1 Å². The third-order valence-corrected chi connectivity index (χ3v) is 11.5. The molecule has 0 bridgehead atoms. The van der Waals surface area contributed by atoms with Crippen molar-refractivity contribution in [1.82, 2.24) is 0 Å². The molecule has 230 valence electrons. The zero-order valence-corrected chi connectivity index (χ0v) is 24.2. The van der Waals surface area contributed by atoms with E-state index >= 15 is 0 Å². The monoisotopic (exact) mass is 574 g/mol. The normalized spacial score (nSPS) is 24.5. The van der Waals surface area contributed by atoms with Crippen molar-refractivity contribution >= 4 is 8.32 Å². The van der Waals surface area contributed by atoms with Gasteiger partial charge >= 0.3 is 0 Å². The summed E-state index contributed by atoms with van der Waals surface area (Å²) in [7, 11) is -1.69. The van der Waals surface area contributed by atoms with Crippen molar-refractivity contribution in [2.45, 2.75) is 74.7 Å². The van der Waals surface area contributed by atoms with Crippen LogP contribution in [0.5, 0.6) is 0 Å². The maximum absolute atomic E-state index is 9.15. The quantitative estimate of drug-likeness (QED) is 0.130. The van der Waals surface area contributed by atoms with Crippen LogP contribution in [0.1, 0.15) is 48.8 Å². The average Bonchev–Trinajstić information content (AvgIpc) is 2.99. The van der Waals surface area contributed by atoms with Crippen molar-refractivity contribution in [3.63, 3.8) is 0 Å². The van der Waals surface area contributed by atoms with Crippen LogP contribution in [0.15, 0.2) is 5.11 Å². The van der Waals surface area contributed by atoms with Crippen molar-refractivity contribution in [2.75, 3.05) is 72.6 Å². The van der Waals surface area contributed by atoms with E-state index in [1.165, 1.54) is 0 Å². The Bertz CT molecular complexity index is 727. The standard InChI is InChI=1S/C10H23NO2Si.C5H10O2.C4H7N3O2.C4H8O3.6H2/c1-9(2,3)14(4,5)13-10(6-11)7-12-8-10;1-2-5(6)3-7-4-5;5-7-6-1-4(8)2-9-3-4;5-1-4(6)2-7-3-4;;;;;;/h6-8,11H2,1-5H3;6H,2-4H2,1H3;8H,1-3H2;5-6H,1-3H2;6*1H/i;;;;4*1+1D;2*1+1. The molecule has 13 nitrogen and oxygen atoms in total. The van der Waals surface area contributed by atoms with Gasteiger partial charge in [0.2, 0.25) is 0 Å². The molecule has 4 rings (SSSR count). The average molecular weight is 575 g/mol. The molecule has 4 aliphatic heterocycles. The first-order valence-corrected chi connectivity index (χ1v) is 15.4. The van der Waals surface area contributed by atoms with Crippen LogP contribution in [0, 0.1) is 0 Å². The van der Waals surface area contributed by atoms with Gasteiger partial charge in [0.05, 0.1) is 66.0 Å². The van der Waals surface area contributed by atoms with Gasteiger partial charge in [-0.25, -0.2) is 0 Å². The Morgan fingerprint density at radius 2 is 1.38 bits per heavy atom. The molecule has 6 N–H and O–H groups in total. The third kappa shape index (κ3) is 10.7. The predicted molar refractivity (Wildman–Crippen MR) is 152 cm³/mol. The Hall–Kier alpha value is -0.873. The molecule has 0 unspecified atom stereocenters. The van der Waals surface area contributed by atoms with E-state index in [0.717, 1.165) is 6.42 Å². The molecular formula is C23H60N4O9Si. The fourth-order valence-corrected chi connectivity index (χ4v) is 4.40. The fourth-order valence-electron chi connectivity index (χ4n) is 2.81. The number of hydrogen-bond acceptors (Lipinski definition) is 11. The van der Waals surface area contributed by atoms with Crippen molar-refractivity contribution in [3.8, 4) is 0 Å². The molecule has 37 heavy (non-hydrogen) atoms. The Kier molecular flexibility index (Phi) is 10.4. The summed E-state index contributed by atoms with van der Waals surface area (Å²) in [6.07, 6.45) is 0.812. The molecule has 0 aliphatic carbocycles. The molecular weight excluding hydrogens is 504 g/mol. The molecule has 4 fully saturated rings. The minimum Gasteiger partial charge on any atom is -0.405 e. The van der Waals surface area contributed by atoms with E-state index in [0.29, 0.717) is 33.0 Å². The van der Waals surface area contributed by atoms with E-state index in [1.54, 1.807) is 0 Å². The van der Waals surface area contributed by atoms with Gasteiger partial charge in [0, 0.05) is 26.2 Å². The highest BCUT2D eigenvalue weighted by Gasteiger charge is 2.48. The summed E-state index contributed by atoms with van der Waals surface area (Å²) in [6.45, 7) is 17.2. The van der Waals surface area contributed by atoms with Crippen LogP contribution in [0.25, 0.3) is 10.4 Å². The summed E-state index contributed by atoms with van der Waals surface area (Å²) in [5, 5.41) is 38.9. The van der Waals surface area contributed by atoms with Crippen LogP contribution >= 0.6 is 0 Å². The van der Waals surface area contributed by atoms with Crippen LogP contribution in [0.3, 0.4) is 0 Å². The Morgan fingerprint density at radius 3 is 1.54 bits per heavy atom. The highest BCUT2D eigenvalue weighted by molar-refractivity contribution is 6.74. The topological polar surface area (TPSA) is 202 Å². The number of rotatable bonds is 7. The number of aliphatic hydroxyl groups is 4. The molecule has 0 aromatic carbocycles. The maximum atomic E-state index is 9.15. The van der Waals surface area contributed by atoms with E-state index in [2.05, 4.69) is 48.6 Å². The van der Waals surface area contributed by atoms with Gasteiger partial charge in [-0.1, -0.05) is 32.8 Å². The first-order chi connectivity index (χ1) is 21.0. The van der Waals surface area contributed by atoms with Gasteiger partial charge in [0.15, 0.2) is 8.32 Å². The molecule has 0 saturated carbocycles. The molecule has 4 heterocycles. The van der Waals surface area contributed by atoms with E-state index in [-0.39, 0.29) is 53.1 Å². The summed E-state index contributed by atoms with van der Waals surface area (Å²) < 4.78 is 65.6. The molecule has 0 aromatic heterocycles. The number of nitrogens with two attached hydrogens (primary N) is 1. The summed E-state index contributed by atoms with van der Waals surface area (Å²) in [5.41, 5.74) is 11.2. The highest BCUT2D eigenvalue weighted by Crippen LogP contribution is 2.40. The number of ether oxygens (including phenoxy) is 4. The lowest BCUT2D eigenvalue weighted by Crippen LogP contribution is -2.63. The van der Waals surface area contributed by atoms with E-state index < -0.39 is 25.1 Å². The van der Waals surface area contributed by atoms with Crippen LogP contribution in [0.4, 0.5) is 0 Å². The SMILES string of the molecule is CC(C)(C)[Si](C)(C)OC1(CN)COC1.CCC1(O)COC1.OCC1(O)COC1.[2HH].[2HH].[2H][2H].[2H][2H].[2H][2H].[2H][2H].[N-]=[N+]=NCC1(O)COC1. The second-order valence-corrected chi connectivity index (χ2v) is 16.5. The molecule has 0 atom stereocenters. The Balaban J connectivity index is -0.000000113. The zero-order chi connectivity index (χ0) is 36.4. The molecule has 4 saturated heterocycles. The van der Waals surface area contributed by atoms with Crippen molar-refractivity contribution in [1.29, 1.82) is 0 Å². The van der Waals surface area contributed by atoms with Gasteiger partial charge in [0.25, 0.3) is 0 Å². The van der Waals surface area contributed by atoms with E-state index in [9.17, 15) is 0 Å². The molecule has 14 heteroatoms. The van der Waals surface area contributed by atoms with E-state index in [4.69, 9.17) is 62.2 Å². The molecule has 0 aromatic rings. The lowest BCUT2D eigenvalue weighted by atomic mass is 10.00. The molecule has 0 radical (unpaired) electrons. The van der Waals surface area contributed by atoms with Gasteiger partial charge in [-0.15, -0.1) is 0 Å². The smallest absolute Gasteiger partial charge is 0.193 e. The van der Waals surface area contributed by atoms with Gasteiger partial charge in [0.1, 0.15) is 22.4 Å². The first-order valence-electron chi connectivity index (χ1n) is 16.5. The number of hydrogen-bond donors (Lipinski definition) is 5. The van der Waals surface area contributed by atoms with Crippen molar-refractivity contribution in [3.05, 3.63) is 10.4 Å². The second-order valence-electron chi connectivity index (χ2n) is 11.8. The van der Waals surface area contributed by atoms with Crippen LogP contribution in [-0.4, -0.2) is 124 Å². The Labute approximate surface area is 236 Å². The predicted octanol–water partition coefficient (Wildman–Crippen LogP) is 2.17. The molecule has 0 spiro atoms. The summed E-state index contributed by atoms with van der Waals surface area (Å²) in [4.78, 5) is 2.51. The summed E-state index contributed by atoms with van der Waals surface area (Å²) in [5.74, 6) is 0. The Morgan fingerprint density at radius 1 is 0.946 bits per heavy atom. The highest BCUT2D eigenvalue weighted by atomic mass is 28.4.